The monoisotopic (exact) mass is 861 g/mol. The topological polar surface area (TPSA) is 0 Å². The number of aryl methyl sites for hydroxylation is 2. The third-order valence-corrected chi connectivity index (χ3v) is 11.8. The van der Waals surface area contributed by atoms with Crippen molar-refractivity contribution in [2.75, 3.05) is 0 Å². The van der Waals surface area contributed by atoms with Crippen LogP contribution in [0.2, 0.25) is 0 Å². The van der Waals surface area contributed by atoms with Crippen LogP contribution in [0.4, 0.5) is 0 Å². The Balaban J connectivity index is 0.000000140. The van der Waals surface area contributed by atoms with Gasteiger partial charge in [0.05, 0.1) is 9.52 Å². The fourth-order valence-electron chi connectivity index (χ4n) is 7.35. The molecule has 8 aromatic rings. The summed E-state index contributed by atoms with van der Waals surface area (Å²) in [5.74, 6) is 0. The zero-order chi connectivity index (χ0) is 40.0. The SMILES string of the molecule is Cc1ccc2[cH-]c(C(C)(C)C)cc2c1-c1ccccc1.Cc1ccc2[cH-]c(C(C)(C)C)cc2c1-c1ccccc1.[Cl][Zr][Cl].[c-]1cccc2c1[Si]c1ccccc1-2. The van der Waals surface area contributed by atoms with E-state index in [1.165, 1.54) is 87.6 Å². The molecule has 9 rings (SSSR count). The predicted octanol–water partition coefficient (Wildman–Crippen LogP) is 14.2. The van der Waals surface area contributed by atoms with Gasteiger partial charge in [0.15, 0.2) is 0 Å². The Morgan fingerprint density at radius 3 is 1.43 bits per heavy atom. The fourth-order valence-corrected chi connectivity index (χ4v) is 8.66. The van der Waals surface area contributed by atoms with Crippen LogP contribution < -0.4 is 10.4 Å². The van der Waals surface area contributed by atoms with Crippen molar-refractivity contribution in [2.45, 2.75) is 66.2 Å². The van der Waals surface area contributed by atoms with Crippen LogP contribution in [0.15, 0.2) is 152 Å². The van der Waals surface area contributed by atoms with E-state index in [4.69, 9.17) is 17.0 Å². The molecule has 0 fully saturated rings. The molecule has 1 heterocycles. The molecule has 0 spiro atoms. The van der Waals surface area contributed by atoms with E-state index in [9.17, 15) is 0 Å². The molecule has 0 atom stereocenters. The van der Waals surface area contributed by atoms with E-state index in [2.05, 4.69) is 207 Å². The molecule has 1 aliphatic rings. The van der Waals surface area contributed by atoms with Gasteiger partial charge in [-0.3, -0.25) is 0 Å². The van der Waals surface area contributed by atoms with Gasteiger partial charge in [0.25, 0.3) is 0 Å². The number of benzene rings is 6. The molecular weight excluding hydrogens is 815 g/mol. The molecule has 0 unspecified atom stereocenters. The first kappa shape index (κ1) is 41.8. The third kappa shape index (κ3) is 9.66. The van der Waals surface area contributed by atoms with Crippen LogP contribution in [-0.4, -0.2) is 9.52 Å². The van der Waals surface area contributed by atoms with Crippen molar-refractivity contribution in [3.8, 4) is 33.4 Å². The van der Waals surface area contributed by atoms with Crippen LogP contribution in [0.1, 0.15) is 63.8 Å². The van der Waals surface area contributed by atoms with Crippen molar-refractivity contribution < 1.29 is 20.8 Å². The average molecular weight is 864 g/mol. The van der Waals surface area contributed by atoms with E-state index < -0.39 is 20.8 Å². The maximum atomic E-state index is 4.93. The van der Waals surface area contributed by atoms with E-state index >= 15 is 0 Å². The Morgan fingerprint density at radius 2 is 0.964 bits per heavy atom. The molecule has 4 heteroatoms. The van der Waals surface area contributed by atoms with E-state index in [1.807, 2.05) is 6.07 Å². The van der Waals surface area contributed by atoms with Gasteiger partial charge in [-0.2, -0.15) is 41.6 Å². The second kappa shape index (κ2) is 18.2. The molecule has 2 radical (unpaired) electrons. The zero-order valence-corrected chi connectivity index (χ0v) is 38.7. The predicted molar refractivity (Wildman–Crippen MR) is 244 cm³/mol. The molecule has 0 N–H and O–H groups in total. The molecule has 0 aliphatic carbocycles. The number of rotatable bonds is 2. The first-order chi connectivity index (χ1) is 26.8. The largest absolute Gasteiger partial charge is 0.184 e. The molecule has 0 amide bonds. The molecule has 282 valence electrons. The van der Waals surface area contributed by atoms with Crippen molar-refractivity contribution in [1.29, 1.82) is 0 Å². The van der Waals surface area contributed by atoms with Crippen LogP contribution in [-0.2, 0) is 31.7 Å². The molecular formula is C52H49Cl2SiZr-3. The van der Waals surface area contributed by atoms with Gasteiger partial charge in [-0.1, -0.05) is 159 Å². The van der Waals surface area contributed by atoms with E-state index in [1.54, 1.807) is 0 Å². The molecule has 8 aromatic carbocycles. The Kier molecular flexibility index (Phi) is 13.6. The number of hydrogen-bond donors (Lipinski definition) is 0. The summed E-state index contributed by atoms with van der Waals surface area (Å²) < 4.78 is 0. The second-order valence-corrected chi connectivity index (χ2v) is 21.5. The van der Waals surface area contributed by atoms with Crippen molar-refractivity contribution in [3.05, 3.63) is 180 Å². The van der Waals surface area contributed by atoms with Crippen molar-refractivity contribution >= 4 is 58.5 Å². The van der Waals surface area contributed by atoms with Crippen LogP contribution in [0.5, 0.6) is 0 Å². The molecule has 0 saturated heterocycles. The van der Waals surface area contributed by atoms with Gasteiger partial charge in [-0.25, -0.2) is 0 Å². The number of fused-ring (bicyclic) bond motifs is 5. The van der Waals surface area contributed by atoms with E-state index in [-0.39, 0.29) is 10.8 Å². The third-order valence-electron chi connectivity index (χ3n) is 10.4. The Morgan fingerprint density at radius 1 is 0.536 bits per heavy atom. The Hall–Kier alpha value is -3.78. The Bertz CT molecular complexity index is 2350. The van der Waals surface area contributed by atoms with E-state index in [0.717, 1.165) is 9.52 Å². The minimum Gasteiger partial charge on any atom is -0.184 e. The standard InChI is InChI=1S/2C20H21.C12H7Si.2ClH.Zr/c2*1-14-10-11-16-12-17(20(2,3)4)13-18(16)19(14)15-8-6-5-7-9-15;1-3-7-11-9(5-1)10-6-2-4-8-12(10)13-11;;;/h2*5-13H,1-4H3;1-7H;2*1H;/q3*-1;;;+2/p-2. The summed E-state index contributed by atoms with van der Waals surface area (Å²) in [6.45, 7) is 18.0. The molecule has 56 heavy (non-hydrogen) atoms. The first-order valence-electron chi connectivity index (χ1n) is 19.2. The maximum absolute atomic E-state index is 4.93. The summed E-state index contributed by atoms with van der Waals surface area (Å²) >= 11 is -0.826. The van der Waals surface area contributed by atoms with Crippen LogP contribution in [0, 0.1) is 19.9 Å². The zero-order valence-electron chi connectivity index (χ0n) is 33.7. The first-order valence-corrected chi connectivity index (χ1v) is 26.5. The van der Waals surface area contributed by atoms with Crippen molar-refractivity contribution in [1.82, 2.24) is 0 Å². The average Bonchev–Trinajstić information content (AvgIpc) is 3.92. The molecule has 0 bridgehead atoms. The van der Waals surface area contributed by atoms with Gasteiger partial charge in [-0.15, -0.1) is 74.6 Å². The smallest absolute Gasteiger partial charge is 0.0920 e. The van der Waals surface area contributed by atoms with Crippen molar-refractivity contribution in [2.24, 2.45) is 0 Å². The second-order valence-electron chi connectivity index (χ2n) is 16.4. The summed E-state index contributed by atoms with van der Waals surface area (Å²) in [6, 6.07) is 57.9. The van der Waals surface area contributed by atoms with Gasteiger partial charge in [0, 0.05) is 0 Å². The Labute approximate surface area is 356 Å². The minimum atomic E-state index is -0.826. The number of hydrogen-bond acceptors (Lipinski definition) is 0. The summed E-state index contributed by atoms with van der Waals surface area (Å²) in [6.07, 6.45) is 0. The quantitative estimate of drug-likeness (QED) is 0.120. The fraction of sp³-hybridized carbons (Fsp3) is 0.192. The van der Waals surface area contributed by atoms with Crippen LogP contribution in [0.3, 0.4) is 0 Å². The summed E-state index contributed by atoms with van der Waals surface area (Å²) in [7, 11) is 10.7. The summed E-state index contributed by atoms with van der Waals surface area (Å²) in [4.78, 5) is 0. The van der Waals surface area contributed by atoms with Gasteiger partial charge in [0.2, 0.25) is 0 Å². The normalized spacial score (nSPS) is 11.7. The molecule has 0 aromatic heterocycles. The van der Waals surface area contributed by atoms with Crippen LogP contribution >= 0.6 is 17.0 Å². The van der Waals surface area contributed by atoms with Crippen molar-refractivity contribution in [3.63, 3.8) is 0 Å². The summed E-state index contributed by atoms with van der Waals surface area (Å²) in [5, 5.41) is 8.27. The van der Waals surface area contributed by atoms with Gasteiger partial charge in [0.1, 0.15) is 0 Å². The van der Waals surface area contributed by atoms with E-state index in [0.29, 0.717) is 0 Å². The van der Waals surface area contributed by atoms with Gasteiger partial charge < -0.3 is 0 Å². The van der Waals surface area contributed by atoms with Gasteiger partial charge in [-0.05, 0) is 35.8 Å². The minimum absolute atomic E-state index is 0.195. The molecule has 0 nitrogen and oxygen atoms in total. The maximum Gasteiger partial charge on any atom is 0.0920 e. The molecule has 1 aliphatic heterocycles. The molecule has 0 saturated carbocycles. The summed E-state index contributed by atoms with van der Waals surface area (Å²) in [5.41, 5.74) is 14.0. The number of halogens is 2. The van der Waals surface area contributed by atoms with Gasteiger partial charge >= 0.3 is 37.9 Å². The van der Waals surface area contributed by atoms with Crippen LogP contribution in [0.25, 0.3) is 54.9 Å².